The third-order valence-electron chi connectivity index (χ3n) is 2.22. The highest BCUT2D eigenvalue weighted by atomic mass is 16.7. The Bertz CT molecular complexity index is 493. The van der Waals surface area contributed by atoms with Crippen molar-refractivity contribution in [1.29, 1.82) is 0 Å². The predicted octanol–water partition coefficient (Wildman–Crippen LogP) is 2.48. The van der Waals surface area contributed by atoms with E-state index in [2.05, 4.69) is 0 Å². The lowest BCUT2D eigenvalue weighted by Gasteiger charge is -2.27. The van der Waals surface area contributed by atoms with Crippen LogP contribution in [0.5, 0.6) is 5.75 Å². The highest BCUT2D eigenvalue weighted by Gasteiger charge is 2.20. The van der Waals surface area contributed by atoms with Crippen LogP contribution in [0.4, 0.5) is 5.69 Å². The van der Waals surface area contributed by atoms with E-state index in [1.54, 1.807) is 27.7 Å². The lowest BCUT2D eigenvalue weighted by atomic mass is 10.1. The monoisotopic (exact) mass is 281 g/mol. The van der Waals surface area contributed by atoms with Crippen LogP contribution in [-0.2, 0) is 9.63 Å². The number of aromatic carboxylic acids is 1. The number of carboxylic acid groups (broad SMARTS) is 1. The average molecular weight is 281 g/mol. The van der Waals surface area contributed by atoms with Crippen LogP contribution in [0.3, 0.4) is 0 Å². The summed E-state index contributed by atoms with van der Waals surface area (Å²) >= 11 is 0. The molecule has 1 aromatic rings. The molecule has 20 heavy (non-hydrogen) atoms. The highest BCUT2D eigenvalue weighted by molar-refractivity contribution is 5.92. The van der Waals surface area contributed by atoms with E-state index >= 15 is 0 Å². The summed E-state index contributed by atoms with van der Waals surface area (Å²) in [7, 11) is 0. The molecular weight excluding hydrogens is 262 g/mol. The highest BCUT2D eigenvalue weighted by Crippen LogP contribution is 2.27. The Balaban J connectivity index is 3.15. The summed E-state index contributed by atoms with van der Waals surface area (Å²) < 4.78 is 5.28. The van der Waals surface area contributed by atoms with Crippen LogP contribution < -0.4 is 9.80 Å². The maximum atomic E-state index is 11.1. The molecule has 0 aliphatic carbocycles. The van der Waals surface area contributed by atoms with Gasteiger partial charge in [-0.3, -0.25) is 9.63 Å². The molecule has 110 valence electrons. The third kappa shape index (κ3) is 4.24. The molecule has 6 nitrogen and oxygen atoms in total. The maximum absolute atomic E-state index is 11.1. The number of hydrogen-bond donors (Lipinski definition) is 1. The number of carbonyl (C=O) groups is 2. The van der Waals surface area contributed by atoms with Crippen LogP contribution in [0.25, 0.3) is 0 Å². The van der Waals surface area contributed by atoms with E-state index in [1.165, 1.54) is 18.2 Å². The number of amides is 1. The fourth-order valence-electron chi connectivity index (χ4n) is 1.53. The Morgan fingerprint density at radius 3 is 2.50 bits per heavy atom. The third-order valence-corrected chi connectivity index (χ3v) is 2.22. The maximum Gasteiger partial charge on any atom is 0.339 e. The molecule has 0 bridgehead atoms. The summed E-state index contributed by atoms with van der Waals surface area (Å²) in [6, 6.07) is 4.34. The number of anilines is 1. The standard InChI is InChI=1S/C14H19NO5/c1-5-19-12-8-10(6-7-11(12)13(17)18)15(9-16)20-14(2,3)4/h6-9H,5H2,1-4H3,(H,17,18). The summed E-state index contributed by atoms with van der Waals surface area (Å²) in [6.45, 7) is 7.49. The molecule has 1 aromatic carbocycles. The second-order valence-corrected chi connectivity index (χ2v) is 5.05. The van der Waals surface area contributed by atoms with E-state index in [1.807, 2.05) is 0 Å². The molecule has 1 N–H and O–H groups in total. The largest absolute Gasteiger partial charge is 0.493 e. The van der Waals surface area contributed by atoms with Crippen molar-refractivity contribution in [2.75, 3.05) is 11.7 Å². The van der Waals surface area contributed by atoms with Crippen molar-refractivity contribution < 1.29 is 24.3 Å². The Labute approximate surface area is 117 Å². The number of carboxylic acids is 1. The Hall–Kier alpha value is -2.08. The van der Waals surface area contributed by atoms with Gasteiger partial charge >= 0.3 is 5.97 Å². The number of benzene rings is 1. The smallest absolute Gasteiger partial charge is 0.339 e. The molecule has 6 heteroatoms. The van der Waals surface area contributed by atoms with Gasteiger partial charge in [-0.25, -0.2) is 4.79 Å². The number of nitrogens with zero attached hydrogens (tertiary/aromatic N) is 1. The molecule has 1 amide bonds. The van der Waals surface area contributed by atoms with Crippen LogP contribution in [0.2, 0.25) is 0 Å². The molecule has 0 saturated carbocycles. The first-order valence-electron chi connectivity index (χ1n) is 6.22. The van der Waals surface area contributed by atoms with Gasteiger partial charge in [-0.05, 0) is 39.8 Å². The molecule has 0 aliphatic heterocycles. The Kier molecular flexibility index (Phi) is 5.10. The number of hydroxylamine groups is 1. The van der Waals surface area contributed by atoms with Crippen molar-refractivity contribution >= 4 is 18.1 Å². The van der Waals surface area contributed by atoms with Crippen molar-refractivity contribution in [2.45, 2.75) is 33.3 Å². The first kappa shape index (κ1) is 16.0. The fraction of sp³-hybridized carbons (Fsp3) is 0.429. The van der Waals surface area contributed by atoms with Gasteiger partial charge in [0.2, 0.25) is 6.41 Å². The van der Waals surface area contributed by atoms with Crippen molar-refractivity contribution in [3.63, 3.8) is 0 Å². The van der Waals surface area contributed by atoms with E-state index < -0.39 is 11.6 Å². The molecule has 0 fully saturated rings. The molecule has 0 aliphatic rings. The SMILES string of the molecule is CCOc1cc(N(C=O)OC(C)(C)C)ccc1C(=O)O. The van der Waals surface area contributed by atoms with Gasteiger partial charge in [-0.1, -0.05) is 0 Å². The van der Waals surface area contributed by atoms with E-state index in [4.69, 9.17) is 14.7 Å². The van der Waals surface area contributed by atoms with E-state index in [9.17, 15) is 9.59 Å². The van der Waals surface area contributed by atoms with E-state index in [-0.39, 0.29) is 11.3 Å². The molecule has 0 aromatic heterocycles. The van der Waals surface area contributed by atoms with Gasteiger partial charge in [-0.2, -0.15) is 5.06 Å². The van der Waals surface area contributed by atoms with Crippen LogP contribution in [0, 0.1) is 0 Å². The second-order valence-electron chi connectivity index (χ2n) is 5.05. The Morgan fingerprint density at radius 2 is 2.05 bits per heavy atom. The van der Waals surface area contributed by atoms with Gasteiger partial charge in [0.15, 0.2) is 0 Å². The topological polar surface area (TPSA) is 76.1 Å². The van der Waals surface area contributed by atoms with Crippen LogP contribution in [-0.4, -0.2) is 29.7 Å². The van der Waals surface area contributed by atoms with Crippen molar-refractivity contribution in [3.05, 3.63) is 23.8 Å². The normalized spacial score (nSPS) is 11.0. The predicted molar refractivity (Wildman–Crippen MR) is 74.0 cm³/mol. The van der Waals surface area contributed by atoms with Crippen LogP contribution in [0.1, 0.15) is 38.1 Å². The summed E-state index contributed by atoms with van der Waals surface area (Å²) in [5.41, 5.74) is -0.112. The van der Waals surface area contributed by atoms with Gasteiger partial charge in [0.25, 0.3) is 0 Å². The zero-order valence-corrected chi connectivity index (χ0v) is 12.0. The minimum atomic E-state index is -1.09. The zero-order valence-electron chi connectivity index (χ0n) is 12.0. The van der Waals surface area contributed by atoms with Crippen molar-refractivity contribution in [3.8, 4) is 5.75 Å². The summed E-state index contributed by atoms with van der Waals surface area (Å²) in [4.78, 5) is 27.7. The second kappa shape index (κ2) is 6.38. The molecule has 0 spiro atoms. The van der Waals surface area contributed by atoms with E-state index in [0.717, 1.165) is 5.06 Å². The van der Waals surface area contributed by atoms with Gasteiger partial charge < -0.3 is 9.84 Å². The van der Waals surface area contributed by atoms with E-state index in [0.29, 0.717) is 18.7 Å². The summed E-state index contributed by atoms with van der Waals surface area (Å²) in [5.74, 6) is -0.892. The Morgan fingerprint density at radius 1 is 1.40 bits per heavy atom. The average Bonchev–Trinajstić information content (AvgIpc) is 2.35. The lowest BCUT2D eigenvalue weighted by molar-refractivity contribution is -0.120. The molecular formula is C14H19NO5. The number of ether oxygens (including phenoxy) is 1. The van der Waals surface area contributed by atoms with Crippen LogP contribution in [0.15, 0.2) is 18.2 Å². The van der Waals surface area contributed by atoms with Gasteiger partial charge in [0.1, 0.15) is 11.3 Å². The minimum Gasteiger partial charge on any atom is -0.493 e. The van der Waals surface area contributed by atoms with Crippen LogP contribution >= 0.6 is 0 Å². The number of hydrogen-bond acceptors (Lipinski definition) is 4. The molecule has 1 rings (SSSR count). The number of carbonyl (C=O) groups excluding carboxylic acids is 1. The lowest BCUT2D eigenvalue weighted by Crippen LogP contribution is -2.33. The fourth-order valence-corrected chi connectivity index (χ4v) is 1.53. The first-order valence-corrected chi connectivity index (χ1v) is 6.22. The quantitative estimate of drug-likeness (QED) is 0.640. The van der Waals surface area contributed by atoms with Crippen molar-refractivity contribution in [2.24, 2.45) is 0 Å². The zero-order chi connectivity index (χ0) is 15.3. The van der Waals surface area contributed by atoms with Crippen molar-refractivity contribution in [1.82, 2.24) is 0 Å². The minimum absolute atomic E-state index is 0.0391. The molecule has 0 radical (unpaired) electrons. The molecule has 0 saturated heterocycles. The molecule has 0 unspecified atom stereocenters. The van der Waals surface area contributed by atoms with Gasteiger partial charge in [-0.15, -0.1) is 0 Å². The molecule has 0 atom stereocenters. The summed E-state index contributed by atoms with van der Waals surface area (Å²) in [6.07, 6.45) is 0.525. The van der Waals surface area contributed by atoms with Gasteiger partial charge in [0.05, 0.1) is 17.9 Å². The molecule has 0 heterocycles. The first-order chi connectivity index (χ1) is 9.28. The summed E-state index contributed by atoms with van der Waals surface area (Å²) in [5, 5.41) is 10.1. The number of rotatable bonds is 6. The van der Waals surface area contributed by atoms with Gasteiger partial charge in [0, 0.05) is 6.07 Å².